The second-order valence-corrected chi connectivity index (χ2v) is 10.6. The average molecular weight is 582 g/mol. The fourth-order valence-corrected chi connectivity index (χ4v) is 5.35. The maximum Gasteiger partial charge on any atom is 0.252 e. The Kier molecular flexibility index (Phi) is 8.73. The molecule has 0 fully saturated rings. The summed E-state index contributed by atoms with van der Waals surface area (Å²) in [6.07, 6.45) is 0. The predicted octanol–water partition coefficient (Wildman–Crippen LogP) is 5.72. The van der Waals surface area contributed by atoms with Gasteiger partial charge in [0.2, 0.25) is 5.91 Å². The Morgan fingerprint density at radius 1 is 0.905 bits per heavy atom. The van der Waals surface area contributed by atoms with Crippen LogP contribution in [0.4, 0.5) is 5.69 Å². The Balaban J connectivity index is 1.42. The quantitative estimate of drug-likeness (QED) is 0.203. The second-order valence-electron chi connectivity index (χ2n) is 9.64. The number of hydrogen-bond donors (Lipinski definition) is 2. The van der Waals surface area contributed by atoms with Gasteiger partial charge < -0.3 is 20.1 Å². The van der Waals surface area contributed by atoms with Gasteiger partial charge in [0.1, 0.15) is 11.5 Å². The monoisotopic (exact) mass is 581 g/mol. The van der Waals surface area contributed by atoms with E-state index in [1.54, 1.807) is 43.1 Å². The first kappa shape index (κ1) is 28.7. The Bertz CT molecular complexity index is 1760. The Labute approximate surface area is 248 Å². The summed E-state index contributed by atoms with van der Waals surface area (Å²) in [4.78, 5) is 26.2. The summed E-state index contributed by atoms with van der Waals surface area (Å²) in [5, 5.41) is 17.0. The standard InChI is InChI=1S/C32H31N5O4S/c1-20-12-13-21(2)26(16-20)34-30(38)19-42-32-36-35-29(37(32)27-17-23(40-3)14-15-28(27)41-4)18-33-31(39)25-11-7-9-22-8-5-6-10-24(22)25/h5-17H,18-19H2,1-4H3,(H,33,39)(H,34,38). The Morgan fingerprint density at radius 2 is 1.71 bits per heavy atom. The maximum absolute atomic E-state index is 13.3. The number of methoxy groups -OCH3 is 2. The molecule has 1 heterocycles. The zero-order valence-electron chi connectivity index (χ0n) is 23.8. The molecular weight excluding hydrogens is 550 g/mol. The van der Waals surface area contributed by atoms with E-state index in [9.17, 15) is 9.59 Å². The fraction of sp³-hybridized carbons (Fsp3) is 0.188. The molecule has 5 aromatic rings. The number of rotatable bonds is 10. The Hall–Kier alpha value is -4.83. The highest BCUT2D eigenvalue weighted by Crippen LogP contribution is 2.32. The second kappa shape index (κ2) is 12.8. The maximum atomic E-state index is 13.3. The van der Waals surface area contributed by atoms with Gasteiger partial charge in [-0.3, -0.25) is 14.2 Å². The van der Waals surface area contributed by atoms with Crippen molar-refractivity contribution in [3.63, 3.8) is 0 Å². The molecule has 1 aromatic heterocycles. The van der Waals surface area contributed by atoms with Crippen molar-refractivity contribution in [1.29, 1.82) is 0 Å². The molecule has 5 rings (SSSR count). The number of nitrogens with one attached hydrogen (secondary N) is 2. The minimum Gasteiger partial charge on any atom is -0.497 e. The number of carbonyl (C=O) groups is 2. The highest BCUT2D eigenvalue weighted by molar-refractivity contribution is 7.99. The van der Waals surface area contributed by atoms with Crippen molar-refractivity contribution in [3.05, 3.63) is 101 Å². The molecule has 42 heavy (non-hydrogen) atoms. The average Bonchev–Trinajstić information content (AvgIpc) is 3.42. The zero-order valence-corrected chi connectivity index (χ0v) is 24.6. The van der Waals surface area contributed by atoms with Gasteiger partial charge in [0.15, 0.2) is 11.0 Å². The molecule has 0 aliphatic rings. The number of ether oxygens (including phenoxy) is 2. The van der Waals surface area contributed by atoms with E-state index >= 15 is 0 Å². The van der Waals surface area contributed by atoms with E-state index in [4.69, 9.17) is 9.47 Å². The van der Waals surface area contributed by atoms with Crippen LogP contribution in [0.5, 0.6) is 11.5 Å². The summed E-state index contributed by atoms with van der Waals surface area (Å²) < 4.78 is 12.9. The number of aromatic nitrogens is 3. The van der Waals surface area contributed by atoms with Crippen LogP contribution in [0.1, 0.15) is 27.3 Å². The van der Waals surface area contributed by atoms with Crippen molar-refractivity contribution >= 4 is 40.0 Å². The summed E-state index contributed by atoms with van der Waals surface area (Å²) in [6.45, 7) is 4.02. The van der Waals surface area contributed by atoms with E-state index in [0.717, 1.165) is 27.6 Å². The number of amides is 2. The molecule has 0 aliphatic heterocycles. The lowest BCUT2D eigenvalue weighted by atomic mass is 10.0. The number of benzene rings is 4. The molecule has 0 radical (unpaired) electrons. The van der Waals surface area contributed by atoms with E-state index in [-0.39, 0.29) is 24.1 Å². The summed E-state index contributed by atoms with van der Waals surface area (Å²) in [7, 11) is 3.15. The molecule has 0 spiro atoms. The van der Waals surface area contributed by atoms with Gasteiger partial charge in [-0.15, -0.1) is 10.2 Å². The number of carbonyl (C=O) groups excluding carboxylic acids is 2. The van der Waals surface area contributed by atoms with E-state index < -0.39 is 0 Å². The first-order valence-corrected chi connectivity index (χ1v) is 14.3. The van der Waals surface area contributed by atoms with Gasteiger partial charge in [-0.2, -0.15) is 0 Å². The smallest absolute Gasteiger partial charge is 0.252 e. The number of aryl methyl sites for hydroxylation is 2. The summed E-state index contributed by atoms with van der Waals surface area (Å²) in [5.74, 6) is 1.31. The predicted molar refractivity (Wildman–Crippen MR) is 165 cm³/mol. The number of anilines is 1. The van der Waals surface area contributed by atoms with Crippen molar-refractivity contribution in [1.82, 2.24) is 20.1 Å². The van der Waals surface area contributed by atoms with Crippen molar-refractivity contribution in [3.8, 4) is 17.2 Å². The van der Waals surface area contributed by atoms with Crippen LogP contribution in [0, 0.1) is 13.8 Å². The van der Waals surface area contributed by atoms with Crippen LogP contribution in [0.3, 0.4) is 0 Å². The van der Waals surface area contributed by atoms with E-state index in [2.05, 4.69) is 20.8 Å². The van der Waals surface area contributed by atoms with Crippen molar-refractivity contribution in [2.45, 2.75) is 25.5 Å². The third kappa shape index (κ3) is 6.23. The molecule has 214 valence electrons. The van der Waals surface area contributed by atoms with E-state index in [1.165, 1.54) is 11.8 Å². The molecule has 0 aliphatic carbocycles. The topological polar surface area (TPSA) is 107 Å². The minimum absolute atomic E-state index is 0.0880. The third-order valence-corrected chi connectivity index (χ3v) is 7.70. The lowest BCUT2D eigenvalue weighted by molar-refractivity contribution is -0.113. The highest BCUT2D eigenvalue weighted by atomic mass is 32.2. The lowest BCUT2D eigenvalue weighted by Crippen LogP contribution is -2.25. The SMILES string of the molecule is COc1ccc(OC)c(-n2c(CNC(=O)c3cccc4ccccc34)nnc2SCC(=O)Nc2cc(C)ccc2C)c1. The van der Waals surface area contributed by atoms with Gasteiger partial charge in [0.25, 0.3) is 5.91 Å². The van der Waals surface area contributed by atoms with Crippen LogP contribution in [-0.4, -0.2) is 46.6 Å². The lowest BCUT2D eigenvalue weighted by Gasteiger charge is -2.16. The fourth-order valence-electron chi connectivity index (χ4n) is 4.59. The van der Waals surface area contributed by atoms with Crippen LogP contribution in [-0.2, 0) is 11.3 Å². The first-order valence-electron chi connectivity index (χ1n) is 13.3. The minimum atomic E-state index is -0.235. The molecule has 0 atom stereocenters. The molecule has 0 saturated heterocycles. The molecule has 4 aromatic carbocycles. The summed E-state index contributed by atoms with van der Waals surface area (Å²) in [6, 6.07) is 24.7. The summed E-state index contributed by atoms with van der Waals surface area (Å²) >= 11 is 1.23. The van der Waals surface area contributed by atoms with Crippen LogP contribution < -0.4 is 20.1 Å². The normalized spacial score (nSPS) is 10.9. The molecule has 0 unspecified atom stereocenters. The van der Waals surface area contributed by atoms with Crippen molar-refractivity contribution < 1.29 is 19.1 Å². The van der Waals surface area contributed by atoms with Crippen molar-refractivity contribution in [2.24, 2.45) is 0 Å². The molecule has 10 heteroatoms. The van der Waals surface area contributed by atoms with Gasteiger partial charge in [-0.1, -0.05) is 60.3 Å². The number of thioether (sulfide) groups is 1. The molecule has 0 saturated carbocycles. The first-order chi connectivity index (χ1) is 20.4. The highest BCUT2D eigenvalue weighted by Gasteiger charge is 2.21. The Morgan fingerprint density at radius 3 is 2.52 bits per heavy atom. The molecular formula is C32H31N5O4S. The zero-order chi connectivity index (χ0) is 29.6. The van der Waals surface area contributed by atoms with Gasteiger partial charge in [-0.05, 0) is 60.0 Å². The van der Waals surface area contributed by atoms with Crippen LogP contribution >= 0.6 is 11.8 Å². The van der Waals surface area contributed by atoms with Gasteiger partial charge in [0.05, 0.1) is 32.2 Å². The molecule has 0 bridgehead atoms. The van der Waals surface area contributed by atoms with Crippen LogP contribution in [0.25, 0.3) is 16.5 Å². The number of hydrogen-bond acceptors (Lipinski definition) is 7. The molecule has 9 nitrogen and oxygen atoms in total. The van der Waals surface area contributed by atoms with Crippen molar-refractivity contribution in [2.75, 3.05) is 25.3 Å². The van der Waals surface area contributed by atoms with Gasteiger partial charge in [-0.25, -0.2) is 0 Å². The van der Waals surface area contributed by atoms with Gasteiger partial charge >= 0.3 is 0 Å². The molecule has 2 N–H and O–H groups in total. The van der Waals surface area contributed by atoms with Gasteiger partial charge in [0, 0.05) is 17.3 Å². The van der Waals surface area contributed by atoms with Crippen LogP contribution in [0.15, 0.2) is 84.0 Å². The van der Waals surface area contributed by atoms with Crippen LogP contribution in [0.2, 0.25) is 0 Å². The largest absolute Gasteiger partial charge is 0.497 e. The third-order valence-electron chi connectivity index (χ3n) is 6.77. The van der Waals surface area contributed by atoms with E-state index in [1.807, 2.05) is 68.4 Å². The number of fused-ring (bicyclic) bond motifs is 1. The number of nitrogens with zero attached hydrogens (tertiary/aromatic N) is 3. The summed E-state index contributed by atoms with van der Waals surface area (Å²) in [5.41, 5.74) is 3.99. The van der Waals surface area contributed by atoms with E-state index in [0.29, 0.717) is 33.7 Å². The molecule has 2 amide bonds.